The first-order valence-corrected chi connectivity index (χ1v) is 11.0. The number of sulfone groups is 1. The zero-order valence-electron chi connectivity index (χ0n) is 15.6. The Labute approximate surface area is 164 Å². The molecule has 4 rings (SSSR count). The molecule has 1 saturated heterocycles. The first-order valence-electron chi connectivity index (χ1n) is 9.14. The van der Waals surface area contributed by atoms with E-state index in [-0.39, 0.29) is 17.5 Å². The maximum Gasteiger partial charge on any atom is 0.227 e. The molecule has 3 heterocycles. The minimum atomic E-state index is -2.99. The van der Waals surface area contributed by atoms with Gasteiger partial charge in [0.2, 0.25) is 5.95 Å². The minimum absolute atomic E-state index is 0.117. The molecule has 1 unspecified atom stereocenters. The molecule has 8 heteroatoms. The Kier molecular flexibility index (Phi) is 5.04. The molecule has 0 saturated carbocycles. The lowest BCUT2D eigenvalue weighted by Gasteiger charge is -2.24. The van der Waals surface area contributed by atoms with Gasteiger partial charge in [-0.2, -0.15) is 4.98 Å². The monoisotopic (exact) mass is 398 g/mol. The van der Waals surface area contributed by atoms with Gasteiger partial charge >= 0.3 is 0 Å². The van der Waals surface area contributed by atoms with Crippen LogP contribution in [0.15, 0.2) is 59.2 Å². The Morgan fingerprint density at radius 2 is 2.00 bits per heavy atom. The number of nitrogens with zero attached hydrogens (tertiary/aromatic N) is 3. The van der Waals surface area contributed by atoms with E-state index >= 15 is 0 Å². The van der Waals surface area contributed by atoms with E-state index in [1.54, 1.807) is 6.26 Å². The van der Waals surface area contributed by atoms with E-state index in [1.165, 1.54) is 0 Å². The van der Waals surface area contributed by atoms with Crippen LogP contribution in [-0.4, -0.2) is 43.0 Å². The predicted octanol–water partition coefficient (Wildman–Crippen LogP) is 2.97. The van der Waals surface area contributed by atoms with E-state index in [0.717, 1.165) is 17.0 Å². The van der Waals surface area contributed by atoms with Gasteiger partial charge in [0.25, 0.3) is 0 Å². The number of hydrogen-bond donors (Lipinski definition) is 1. The lowest BCUT2D eigenvalue weighted by molar-refractivity contribution is 0.518. The Bertz CT molecular complexity index is 1040. The van der Waals surface area contributed by atoms with Gasteiger partial charge in [0.1, 0.15) is 11.6 Å². The van der Waals surface area contributed by atoms with Gasteiger partial charge in [-0.25, -0.2) is 13.4 Å². The summed E-state index contributed by atoms with van der Waals surface area (Å²) in [5, 5.41) is 3.27. The summed E-state index contributed by atoms with van der Waals surface area (Å²) in [5.74, 6) is 2.32. The fourth-order valence-electron chi connectivity index (χ4n) is 3.27. The lowest BCUT2D eigenvalue weighted by atomic mass is 10.1. The van der Waals surface area contributed by atoms with E-state index in [0.29, 0.717) is 24.7 Å². The molecule has 0 bridgehead atoms. The van der Waals surface area contributed by atoms with Gasteiger partial charge < -0.3 is 14.6 Å². The van der Waals surface area contributed by atoms with Crippen molar-refractivity contribution in [3.8, 4) is 11.3 Å². The van der Waals surface area contributed by atoms with Crippen LogP contribution in [0.1, 0.15) is 12.2 Å². The zero-order chi connectivity index (χ0) is 19.6. The summed E-state index contributed by atoms with van der Waals surface area (Å²) < 4.78 is 29.1. The van der Waals surface area contributed by atoms with E-state index in [1.807, 2.05) is 60.5 Å². The van der Waals surface area contributed by atoms with Gasteiger partial charge in [-0.3, -0.25) is 0 Å². The van der Waals surface area contributed by atoms with Crippen LogP contribution in [-0.2, 0) is 16.4 Å². The summed E-state index contributed by atoms with van der Waals surface area (Å²) in [6.07, 6.45) is 2.22. The van der Waals surface area contributed by atoms with Crippen molar-refractivity contribution in [2.24, 2.45) is 0 Å². The Balaban J connectivity index is 1.65. The fourth-order valence-corrected chi connectivity index (χ4v) is 5.05. The number of benzene rings is 1. The molecule has 1 fully saturated rings. The second-order valence-corrected chi connectivity index (χ2v) is 9.13. The average Bonchev–Trinajstić information content (AvgIpc) is 3.35. The minimum Gasteiger partial charge on any atom is -0.467 e. The summed E-state index contributed by atoms with van der Waals surface area (Å²) >= 11 is 0. The van der Waals surface area contributed by atoms with Gasteiger partial charge in [-0.05, 0) is 18.6 Å². The van der Waals surface area contributed by atoms with Gasteiger partial charge in [0.15, 0.2) is 9.84 Å². The third-order valence-corrected chi connectivity index (χ3v) is 6.63. The molecule has 2 aromatic heterocycles. The molecular weight excluding hydrogens is 376 g/mol. The Morgan fingerprint density at radius 1 is 1.18 bits per heavy atom. The lowest BCUT2D eigenvalue weighted by Crippen LogP contribution is -2.34. The van der Waals surface area contributed by atoms with Crippen LogP contribution in [0.25, 0.3) is 11.3 Å². The van der Waals surface area contributed by atoms with E-state index in [4.69, 9.17) is 9.40 Å². The van der Waals surface area contributed by atoms with Crippen molar-refractivity contribution in [1.82, 2.24) is 9.97 Å². The highest BCUT2D eigenvalue weighted by atomic mass is 32.2. The van der Waals surface area contributed by atoms with Gasteiger partial charge in [-0.15, -0.1) is 0 Å². The number of rotatable bonds is 6. The molecule has 1 aliphatic heterocycles. The third kappa shape index (κ3) is 4.17. The molecule has 0 amide bonds. The molecule has 1 aliphatic rings. The van der Waals surface area contributed by atoms with Crippen LogP contribution in [0.4, 0.5) is 11.8 Å². The van der Waals surface area contributed by atoms with Crippen LogP contribution < -0.4 is 10.2 Å². The van der Waals surface area contributed by atoms with Crippen LogP contribution in [0.2, 0.25) is 0 Å². The first kappa shape index (κ1) is 18.5. The number of furan rings is 1. The molecule has 3 aromatic rings. The highest BCUT2D eigenvalue weighted by Crippen LogP contribution is 2.26. The SMILES string of the molecule is CN(c1nc(NCc2ccco2)cc(-c2ccccc2)n1)C1CCS(=O)(=O)C1. The number of anilines is 2. The van der Waals surface area contributed by atoms with Crippen molar-refractivity contribution in [1.29, 1.82) is 0 Å². The molecule has 0 spiro atoms. The fraction of sp³-hybridized carbons (Fsp3) is 0.300. The zero-order valence-corrected chi connectivity index (χ0v) is 16.4. The third-order valence-electron chi connectivity index (χ3n) is 4.88. The molecule has 28 heavy (non-hydrogen) atoms. The average molecular weight is 398 g/mol. The first-order chi connectivity index (χ1) is 13.5. The van der Waals surface area contributed by atoms with Gasteiger partial charge in [0.05, 0.1) is 30.0 Å². The summed E-state index contributed by atoms with van der Waals surface area (Å²) in [6.45, 7) is 0.499. The Hall–Kier alpha value is -2.87. The highest BCUT2D eigenvalue weighted by Gasteiger charge is 2.32. The number of hydrogen-bond acceptors (Lipinski definition) is 7. The Morgan fingerprint density at radius 3 is 2.68 bits per heavy atom. The van der Waals surface area contributed by atoms with Crippen LogP contribution in [0.5, 0.6) is 0 Å². The van der Waals surface area contributed by atoms with Crippen LogP contribution >= 0.6 is 0 Å². The van der Waals surface area contributed by atoms with Gasteiger partial charge in [-0.1, -0.05) is 30.3 Å². The molecule has 1 N–H and O–H groups in total. The highest BCUT2D eigenvalue weighted by molar-refractivity contribution is 7.91. The van der Waals surface area contributed by atoms with E-state index in [9.17, 15) is 8.42 Å². The topological polar surface area (TPSA) is 88.3 Å². The molecular formula is C20H22N4O3S. The molecule has 0 radical (unpaired) electrons. The predicted molar refractivity (Wildman–Crippen MR) is 109 cm³/mol. The standard InChI is InChI=1S/C20H22N4O3S/c1-24(16-9-11-28(25,26)14-16)20-22-18(15-6-3-2-4-7-15)12-19(23-20)21-13-17-8-5-10-27-17/h2-8,10,12,16H,9,11,13-14H2,1H3,(H,21,22,23). The van der Waals surface area contributed by atoms with Crippen LogP contribution in [0, 0.1) is 0 Å². The number of nitrogens with one attached hydrogen (secondary N) is 1. The van der Waals surface area contributed by atoms with Crippen molar-refractivity contribution < 1.29 is 12.8 Å². The summed E-state index contributed by atoms with van der Waals surface area (Å²) in [6, 6.07) is 15.4. The molecule has 0 aliphatic carbocycles. The summed E-state index contributed by atoms with van der Waals surface area (Å²) in [7, 11) is -1.13. The molecule has 1 aromatic carbocycles. The van der Waals surface area contributed by atoms with Crippen LogP contribution in [0.3, 0.4) is 0 Å². The van der Waals surface area contributed by atoms with E-state index in [2.05, 4.69) is 10.3 Å². The van der Waals surface area contributed by atoms with Crippen molar-refractivity contribution in [3.05, 3.63) is 60.6 Å². The molecule has 7 nitrogen and oxygen atoms in total. The second-order valence-electron chi connectivity index (χ2n) is 6.91. The second kappa shape index (κ2) is 7.63. The summed E-state index contributed by atoms with van der Waals surface area (Å²) in [4.78, 5) is 11.2. The van der Waals surface area contributed by atoms with E-state index < -0.39 is 9.84 Å². The smallest absolute Gasteiger partial charge is 0.227 e. The quantitative estimate of drug-likeness (QED) is 0.683. The van der Waals surface area contributed by atoms with Crippen molar-refractivity contribution in [2.75, 3.05) is 28.8 Å². The summed E-state index contributed by atoms with van der Waals surface area (Å²) in [5.41, 5.74) is 1.75. The van der Waals surface area contributed by atoms with Gasteiger partial charge in [0, 0.05) is 24.7 Å². The van der Waals surface area contributed by atoms with Crippen molar-refractivity contribution >= 4 is 21.6 Å². The van der Waals surface area contributed by atoms with Crippen molar-refractivity contribution in [2.45, 2.75) is 19.0 Å². The van der Waals surface area contributed by atoms with Crippen molar-refractivity contribution in [3.63, 3.8) is 0 Å². The molecule has 146 valence electrons. The largest absolute Gasteiger partial charge is 0.467 e. The number of aromatic nitrogens is 2. The normalized spacial score (nSPS) is 18.1. The molecule has 1 atom stereocenters. The maximum absolute atomic E-state index is 11.9. The maximum atomic E-state index is 11.9.